The first-order chi connectivity index (χ1) is 11.4. The molecule has 8 heteroatoms. The molecule has 1 aromatic heterocycles. The van der Waals surface area contributed by atoms with Gasteiger partial charge in [-0.2, -0.15) is 0 Å². The number of amides is 2. The van der Waals surface area contributed by atoms with Gasteiger partial charge < -0.3 is 4.42 Å². The summed E-state index contributed by atoms with van der Waals surface area (Å²) in [6.45, 7) is 1.66. The van der Waals surface area contributed by atoms with E-state index in [4.69, 9.17) is 4.42 Å². The molecule has 1 aromatic carbocycles. The number of carbonyl (C=O) groups is 2. The minimum atomic E-state index is -0.445. The summed E-state index contributed by atoms with van der Waals surface area (Å²) in [5.41, 5.74) is 1.14. The van der Waals surface area contributed by atoms with Crippen LogP contribution in [0.1, 0.15) is 11.3 Å². The Morgan fingerprint density at radius 1 is 1.25 bits per heavy atom. The summed E-state index contributed by atoms with van der Waals surface area (Å²) in [6.07, 6.45) is 1.49. The number of hydrogen-bond acceptors (Lipinski definition) is 6. The molecule has 0 atom stereocenters. The SMILES string of the molecule is Cc1ccc(-c2ccc(/C=C3\SC(=O)N(C)C3=O)o2)cc1[N+](=O)[O-]. The molecule has 7 nitrogen and oxygen atoms in total. The van der Waals surface area contributed by atoms with Crippen LogP contribution in [0.5, 0.6) is 0 Å². The van der Waals surface area contributed by atoms with Crippen molar-refractivity contribution in [2.45, 2.75) is 6.92 Å². The van der Waals surface area contributed by atoms with Crippen molar-refractivity contribution in [1.82, 2.24) is 4.90 Å². The van der Waals surface area contributed by atoms with E-state index in [9.17, 15) is 19.7 Å². The van der Waals surface area contributed by atoms with Crippen LogP contribution in [-0.4, -0.2) is 28.0 Å². The average Bonchev–Trinajstić information content (AvgIpc) is 3.09. The topological polar surface area (TPSA) is 93.7 Å². The van der Waals surface area contributed by atoms with Crippen molar-refractivity contribution in [3.63, 3.8) is 0 Å². The van der Waals surface area contributed by atoms with Crippen molar-refractivity contribution in [1.29, 1.82) is 0 Å². The Labute approximate surface area is 141 Å². The Hall–Kier alpha value is -2.87. The summed E-state index contributed by atoms with van der Waals surface area (Å²) in [7, 11) is 1.41. The normalized spacial score (nSPS) is 16.2. The molecule has 0 radical (unpaired) electrons. The fourth-order valence-corrected chi connectivity index (χ4v) is 3.03. The molecule has 0 unspecified atom stereocenters. The van der Waals surface area contributed by atoms with Crippen LogP contribution in [0, 0.1) is 17.0 Å². The molecule has 0 aliphatic carbocycles. The van der Waals surface area contributed by atoms with Crippen LogP contribution < -0.4 is 0 Å². The summed E-state index contributed by atoms with van der Waals surface area (Å²) in [5, 5.41) is 10.7. The summed E-state index contributed by atoms with van der Waals surface area (Å²) in [4.78, 5) is 35.2. The van der Waals surface area contributed by atoms with Crippen LogP contribution >= 0.6 is 11.8 Å². The monoisotopic (exact) mass is 344 g/mol. The third-order valence-electron chi connectivity index (χ3n) is 3.58. The van der Waals surface area contributed by atoms with E-state index in [-0.39, 0.29) is 21.7 Å². The Morgan fingerprint density at radius 3 is 2.62 bits per heavy atom. The third-order valence-corrected chi connectivity index (χ3v) is 4.54. The second kappa shape index (κ2) is 5.97. The summed E-state index contributed by atoms with van der Waals surface area (Å²) < 4.78 is 5.63. The zero-order valence-corrected chi connectivity index (χ0v) is 13.6. The molecule has 3 rings (SSSR count). The molecule has 2 aromatic rings. The van der Waals surface area contributed by atoms with E-state index in [1.165, 1.54) is 19.2 Å². The molecule has 1 aliphatic rings. The fraction of sp³-hybridized carbons (Fsp3) is 0.125. The molecular formula is C16H12N2O5S. The van der Waals surface area contributed by atoms with Crippen molar-refractivity contribution in [3.8, 4) is 11.3 Å². The molecule has 0 N–H and O–H groups in total. The van der Waals surface area contributed by atoms with Crippen molar-refractivity contribution in [3.05, 3.63) is 56.7 Å². The van der Waals surface area contributed by atoms with Gasteiger partial charge in [0.2, 0.25) is 0 Å². The number of nitro groups is 1. The van der Waals surface area contributed by atoms with Gasteiger partial charge in [-0.25, -0.2) is 0 Å². The van der Waals surface area contributed by atoms with E-state index in [0.717, 1.165) is 16.7 Å². The van der Waals surface area contributed by atoms with Crippen molar-refractivity contribution in [2.24, 2.45) is 0 Å². The number of likely N-dealkylation sites (N-methyl/N-ethyl adjacent to an activating group) is 1. The van der Waals surface area contributed by atoms with E-state index in [1.54, 1.807) is 31.2 Å². The maximum Gasteiger partial charge on any atom is 0.293 e. The molecule has 0 saturated carbocycles. The fourth-order valence-electron chi connectivity index (χ4n) is 2.22. The van der Waals surface area contributed by atoms with Crippen LogP contribution in [0.4, 0.5) is 10.5 Å². The quantitative estimate of drug-likeness (QED) is 0.477. The lowest BCUT2D eigenvalue weighted by atomic mass is 10.1. The zero-order valence-electron chi connectivity index (χ0n) is 12.8. The predicted octanol–water partition coefficient (Wildman–Crippen LogP) is 3.83. The van der Waals surface area contributed by atoms with Gasteiger partial charge in [-0.15, -0.1) is 0 Å². The van der Waals surface area contributed by atoms with Gasteiger partial charge in [0.1, 0.15) is 11.5 Å². The minimum absolute atomic E-state index is 0.0116. The van der Waals surface area contributed by atoms with E-state index in [1.807, 2.05) is 0 Å². The standard InChI is InChI=1S/C16H12N2O5S/c1-9-3-4-10(7-12(9)18(21)22)13-6-5-11(23-13)8-14-15(19)17(2)16(20)24-14/h3-8H,1-2H3/b14-8-. The lowest BCUT2D eigenvalue weighted by Gasteiger charge is -2.01. The van der Waals surface area contributed by atoms with Gasteiger partial charge in [-0.1, -0.05) is 12.1 Å². The van der Waals surface area contributed by atoms with Crippen LogP contribution in [0.25, 0.3) is 17.4 Å². The zero-order chi connectivity index (χ0) is 17.4. The van der Waals surface area contributed by atoms with Crippen molar-refractivity contribution in [2.75, 3.05) is 7.05 Å². The molecule has 122 valence electrons. The maximum absolute atomic E-state index is 11.9. The molecule has 2 amide bonds. The highest BCUT2D eigenvalue weighted by Crippen LogP contribution is 2.33. The van der Waals surface area contributed by atoms with Gasteiger partial charge in [-0.3, -0.25) is 24.6 Å². The lowest BCUT2D eigenvalue weighted by molar-refractivity contribution is -0.385. The highest BCUT2D eigenvalue weighted by Gasteiger charge is 2.32. The molecule has 2 heterocycles. The van der Waals surface area contributed by atoms with Gasteiger partial charge in [0.25, 0.3) is 16.8 Å². The highest BCUT2D eigenvalue weighted by molar-refractivity contribution is 8.18. The molecule has 0 spiro atoms. The van der Waals surface area contributed by atoms with Crippen molar-refractivity contribution >= 4 is 34.7 Å². The van der Waals surface area contributed by atoms with Gasteiger partial charge in [0, 0.05) is 30.3 Å². The number of hydrogen-bond donors (Lipinski definition) is 0. The number of nitro benzene ring substituents is 1. The van der Waals surface area contributed by atoms with E-state index in [2.05, 4.69) is 0 Å². The highest BCUT2D eigenvalue weighted by atomic mass is 32.2. The van der Waals surface area contributed by atoms with E-state index in [0.29, 0.717) is 22.6 Å². The first-order valence-corrected chi connectivity index (χ1v) is 7.75. The van der Waals surface area contributed by atoms with Gasteiger partial charge >= 0.3 is 0 Å². The maximum atomic E-state index is 11.9. The molecule has 1 aliphatic heterocycles. The Morgan fingerprint density at radius 2 is 2.00 bits per heavy atom. The van der Waals surface area contributed by atoms with Gasteiger partial charge in [0.05, 0.1) is 9.83 Å². The van der Waals surface area contributed by atoms with Crippen molar-refractivity contribution < 1.29 is 18.9 Å². The number of nitrogens with zero attached hydrogens (tertiary/aromatic N) is 2. The molecule has 1 saturated heterocycles. The number of rotatable bonds is 3. The molecular weight excluding hydrogens is 332 g/mol. The largest absolute Gasteiger partial charge is 0.457 e. The number of carbonyl (C=O) groups excluding carboxylic acids is 2. The summed E-state index contributed by atoms with van der Waals surface area (Å²) in [6, 6.07) is 8.13. The van der Waals surface area contributed by atoms with Crippen LogP contribution in [0.2, 0.25) is 0 Å². The Bertz CT molecular complexity index is 900. The predicted molar refractivity (Wildman–Crippen MR) is 89.3 cm³/mol. The van der Waals surface area contributed by atoms with Gasteiger partial charge in [0.15, 0.2) is 0 Å². The van der Waals surface area contributed by atoms with Gasteiger partial charge in [-0.05, 0) is 30.8 Å². The number of benzene rings is 1. The van der Waals surface area contributed by atoms with E-state index < -0.39 is 4.92 Å². The second-order valence-electron chi connectivity index (χ2n) is 5.20. The van der Waals surface area contributed by atoms with Crippen LogP contribution in [0.3, 0.4) is 0 Å². The number of furan rings is 1. The first kappa shape index (κ1) is 16.0. The van der Waals surface area contributed by atoms with Crippen LogP contribution in [0.15, 0.2) is 39.7 Å². The number of aryl methyl sites for hydroxylation is 1. The lowest BCUT2D eigenvalue weighted by Crippen LogP contribution is -2.22. The molecule has 24 heavy (non-hydrogen) atoms. The summed E-state index contributed by atoms with van der Waals surface area (Å²) >= 11 is 0.839. The molecule has 1 fully saturated rings. The Kier molecular flexibility index (Phi) is 3.98. The third kappa shape index (κ3) is 2.83. The first-order valence-electron chi connectivity index (χ1n) is 6.93. The smallest absolute Gasteiger partial charge is 0.293 e. The summed E-state index contributed by atoms with van der Waals surface area (Å²) in [5.74, 6) is 0.459. The van der Waals surface area contributed by atoms with Crippen LogP contribution in [-0.2, 0) is 4.79 Å². The molecule has 0 bridgehead atoms. The number of imide groups is 1. The van der Waals surface area contributed by atoms with E-state index >= 15 is 0 Å². The average molecular weight is 344 g/mol. The Balaban J connectivity index is 1.92. The minimum Gasteiger partial charge on any atom is -0.457 e. The second-order valence-corrected chi connectivity index (χ2v) is 6.19. The number of thioether (sulfide) groups is 1.